The lowest BCUT2D eigenvalue weighted by Gasteiger charge is -2.32. The third-order valence-electron chi connectivity index (χ3n) is 4.48. The van der Waals surface area contributed by atoms with E-state index in [0.29, 0.717) is 12.6 Å². The van der Waals surface area contributed by atoms with E-state index >= 15 is 0 Å². The number of carbonyl (C=O) groups excluding carboxylic acids is 1. The van der Waals surface area contributed by atoms with Gasteiger partial charge in [-0.25, -0.2) is 4.79 Å². The average Bonchev–Trinajstić information content (AvgIpc) is 3.05. The van der Waals surface area contributed by atoms with Crippen LogP contribution in [-0.2, 0) is 4.79 Å². The zero-order valence-electron chi connectivity index (χ0n) is 12.4. The number of rotatable bonds is 4. The van der Waals surface area contributed by atoms with Crippen molar-refractivity contribution in [1.82, 2.24) is 14.7 Å². The molecule has 2 fully saturated rings. The fraction of sp³-hybridized carbons (Fsp3) is 0.857. The maximum absolute atomic E-state index is 12.6. The van der Waals surface area contributed by atoms with E-state index in [1.54, 1.807) is 4.90 Å². The van der Waals surface area contributed by atoms with E-state index in [0.717, 1.165) is 38.6 Å². The zero-order valence-corrected chi connectivity index (χ0v) is 12.4. The van der Waals surface area contributed by atoms with Crippen LogP contribution < -0.4 is 0 Å². The molecule has 1 aliphatic heterocycles. The Bertz CT molecular complexity index is 367. The first-order chi connectivity index (χ1) is 9.49. The molecule has 1 N–H and O–H groups in total. The van der Waals surface area contributed by atoms with Crippen molar-refractivity contribution in [3.8, 4) is 0 Å². The lowest BCUT2D eigenvalue weighted by molar-refractivity contribution is -0.138. The van der Waals surface area contributed by atoms with Crippen LogP contribution in [0.25, 0.3) is 0 Å². The number of likely N-dealkylation sites (N-methyl/N-ethyl adjacent to an activating group) is 1. The van der Waals surface area contributed by atoms with Crippen molar-refractivity contribution in [2.45, 2.75) is 44.2 Å². The number of nitrogens with zero attached hydrogens (tertiary/aromatic N) is 3. The molecule has 6 heteroatoms. The fourth-order valence-corrected chi connectivity index (χ4v) is 3.23. The summed E-state index contributed by atoms with van der Waals surface area (Å²) in [5, 5.41) is 9.06. The Kier molecular flexibility index (Phi) is 4.86. The van der Waals surface area contributed by atoms with Gasteiger partial charge in [0, 0.05) is 25.2 Å². The molecule has 1 atom stereocenters. The highest BCUT2D eigenvalue weighted by Gasteiger charge is 2.35. The lowest BCUT2D eigenvalue weighted by Crippen LogP contribution is -2.49. The Morgan fingerprint density at radius 1 is 1.15 bits per heavy atom. The number of carbonyl (C=O) groups is 2. The monoisotopic (exact) mass is 283 g/mol. The summed E-state index contributed by atoms with van der Waals surface area (Å²) < 4.78 is 0. The van der Waals surface area contributed by atoms with Crippen LogP contribution in [0, 0.1) is 0 Å². The van der Waals surface area contributed by atoms with Gasteiger partial charge in [-0.2, -0.15) is 0 Å². The molecule has 0 bridgehead atoms. The van der Waals surface area contributed by atoms with Gasteiger partial charge in [0.05, 0.1) is 0 Å². The normalized spacial score (nSPS) is 23.6. The number of carboxylic acid groups (broad SMARTS) is 1. The number of urea groups is 1. The number of carboxylic acids is 1. The first-order valence-corrected chi connectivity index (χ1v) is 7.43. The minimum atomic E-state index is -0.923. The molecule has 2 aliphatic rings. The van der Waals surface area contributed by atoms with Gasteiger partial charge in [-0.3, -0.25) is 4.79 Å². The van der Waals surface area contributed by atoms with Crippen LogP contribution >= 0.6 is 0 Å². The maximum atomic E-state index is 12.6. The van der Waals surface area contributed by atoms with E-state index < -0.39 is 5.97 Å². The molecule has 0 aromatic rings. The highest BCUT2D eigenvalue weighted by atomic mass is 16.4. The summed E-state index contributed by atoms with van der Waals surface area (Å²) in [6, 6.07) is 0.398. The number of hydrogen-bond acceptors (Lipinski definition) is 3. The van der Waals surface area contributed by atoms with Gasteiger partial charge in [0.15, 0.2) is 0 Å². The summed E-state index contributed by atoms with van der Waals surface area (Å²) in [4.78, 5) is 29.2. The van der Waals surface area contributed by atoms with Crippen LogP contribution in [0.4, 0.5) is 4.79 Å². The molecule has 1 saturated carbocycles. The van der Waals surface area contributed by atoms with Crippen LogP contribution in [0.3, 0.4) is 0 Å². The Morgan fingerprint density at radius 3 is 2.30 bits per heavy atom. The molecule has 114 valence electrons. The second-order valence-corrected chi connectivity index (χ2v) is 6.09. The molecule has 0 spiro atoms. The second kappa shape index (κ2) is 6.43. The van der Waals surface area contributed by atoms with Gasteiger partial charge in [-0.05, 0) is 33.4 Å². The molecule has 6 nitrogen and oxygen atoms in total. The van der Waals surface area contributed by atoms with Crippen LogP contribution in [0.1, 0.15) is 32.1 Å². The Morgan fingerprint density at radius 2 is 1.80 bits per heavy atom. The summed E-state index contributed by atoms with van der Waals surface area (Å²) >= 11 is 0. The molecule has 2 rings (SSSR count). The van der Waals surface area contributed by atoms with Gasteiger partial charge in [-0.15, -0.1) is 0 Å². The van der Waals surface area contributed by atoms with Gasteiger partial charge in [-0.1, -0.05) is 12.8 Å². The molecule has 1 aliphatic carbocycles. The quantitative estimate of drug-likeness (QED) is 0.838. The van der Waals surface area contributed by atoms with Crippen molar-refractivity contribution >= 4 is 12.0 Å². The van der Waals surface area contributed by atoms with Gasteiger partial charge >= 0.3 is 12.0 Å². The number of aliphatic carboxylic acids is 1. The molecule has 0 aromatic heterocycles. The van der Waals surface area contributed by atoms with Crippen molar-refractivity contribution in [3.05, 3.63) is 0 Å². The van der Waals surface area contributed by atoms with Crippen LogP contribution in [0.2, 0.25) is 0 Å². The first-order valence-electron chi connectivity index (χ1n) is 7.43. The van der Waals surface area contributed by atoms with Gasteiger partial charge in [0.2, 0.25) is 0 Å². The topological polar surface area (TPSA) is 64.1 Å². The minimum absolute atomic E-state index is 0.0938. The van der Waals surface area contributed by atoms with Gasteiger partial charge < -0.3 is 19.8 Å². The van der Waals surface area contributed by atoms with Crippen LogP contribution in [-0.4, -0.2) is 77.6 Å². The van der Waals surface area contributed by atoms with E-state index in [1.807, 2.05) is 19.0 Å². The SMILES string of the molecule is CN(C)C1CCN(C(=O)N(CC(=O)O)C2CCCC2)C1. The van der Waals surface area contributed by atoms with E-state index in [-0.39, 0.29) is 18.6 Å². The molecular formula is C14H25N3O3. The van der Waals surface area contributed by atoms with Crippen molar-refractivity contribution < 1.29 is 14.7 Å². The fourth-order valence-electron chi connectivity index (χ4n) is 3.23. The summed E-state index contributed by atoms with van der Waals surface area (Å²) in [7, 11) is 4.04. The van der Waals surface area contributed by atoms with Crippen LogP contribution in [0.5, 0.6) is 0 Å². The van der Waals surface area contributed by atoms with Crippen molar-refractivity contribution in [3.63, 3.8) is 0 Å². The molecular weight excluding hydrogens is 258 g/mol. The highest BCUT2D eigenvalue weighted by Crippen LogP contribution is 2.25. The Hall–Kier alpha value is -1.30. The van der Waals surface area contributed by atoms with E-state index in [9.17, 15) is 9.59 Å². The predicted octanol–water partition coefficient (Wildman–Crippen LogP) is 1.07. The van der Waals surface area contributed by atoms with Crippen molar-refractivity contribution in [1.29, 1.82) is 0 Å². The third kappa shape index (κ3) is 3.42. The third-order valence-corrected chi connectivity index (χ3v) is 4.48. The maximum Gasteiger partial charge on any atom is 0.323 e. The smallest absolute Gasteiger partial charge is 0.323 e. The first kappa shape index (κ1) is 15.1. The molecule has 1 heterocycles. The zero-order chi connectivity index (χ0) is 14.7. The van der Waals surface area contributed by atoms with Crippen molar-refractivity contribution in [2.24, 2.45) is 0 Å². The standard InChI is InChI=1S/C14H25N3O3/c1-15(2)12-7-8-16(9-12)14(20)17(10-13(18)19)11-5-3-4-6-11/h11-12H,3-10H2,1-2H3,(H,18,19). The number of likely N-dealkylation sites (tertiary alicyclic amines) is 1. The van der Waals surface area contributed by atoms with Crippen molar-refractivity contribution in [2.75, 3.05) is 33.7 Å². The molecule has 1 saturated heterocycles. The average molecular weight is 283 g/mol. The minimum Gasteiger partial charge on any atom is -0.480 e. The summed E-state index contributed by atoms with van der Waals surface area (Å²) in [5.41, 5.74) is 0. The van der Waals surface area contributed by atoms with Gasteiger partial charge in [0.1, 0.15) is 6.54 Å². The second-order valence-electron chi connectivity index (χ2n) is 6.09. The molecule has 0 aromatic carbocycles. The predicted molar refractivity (Wildman–Crippen MR) is 75.7 cm³/mol. The summed E-state index contributed by atoms with van der Waals surface area (Å²) in [5.74, 6) is -0.923. The largest absolute Gasteiger partial charge is 0.480 e. The Labute approximate surface area is 120 Å². The molecule has 20 heavy (non-hydrogen) atoms. The van der Waals surface area contributed by atoms with Crippen LogP contribution in [0.15, 0.2) is 0 Å². The molecule has 1 unspecified atom stereocenters. The van der Waals surface area contributed by atoms with E-state index in [4.69, 9.17) is 5.11 Å². The summed E-state index contributed by atoms with van der Waals surface area (Å²) in [6.45, 7) is 1.26. The highest BCUT2D eigenvalue weighted by molar-refractivity contribution is 5.80. The summed E-state index contributed by atoms with van der Waals surface area (Å²) in [6.07, 6.45) is 5.01. The number of amides is 2. The van der Waals surface area contributed by atoms with E-state index in [2.05, 4.69) is 4.90 Å². The van der Waals surface area contributed by atoms with Gasteiger partial charge in [0.25, 0.3) is 0 Å². The van der Waals surface area contributed by atoms with E-state index in [1.165, 1.54) is 0 Å². The molecule has 2 amide bonds. The lowest BCUT2D eigenvalue weighted by atomic mass is 10.2. The number of hydrogen-bond donors (Lipinski definition) is 1. The molecule has 0 radical (unpaired) electrons. The Balaban J connectivity index is 2.01.